The van der Waals surface area contributed by atoms with Gasteiger partial charge in [0.25, 0.3) is 0 Å². The zero-order valence-electron chi connectivity index (χ0n) is 16.4. The van der Waals surface area contributed by atoms with Crippen LogP contribution < -0.4 is 10.2 Å². The van der Waals surface area contributed by atoms with E-state index in [1.165, 1.54) is 31.2 Å². The van der Waals surface area contributed by atoms with Gasteiger partial charge < -0.3 is 4.74 Å². The Morgan fingerprint density at radius 1 is 1.04 bits per heavy atom. The highest BCUT2D eigenvalue weighted by molar-refractivity contribution is 5.85. The molecule has 1 amide bonds. The molecule has 0 atom stereocenters. The van der Waals surface area contributed by atoms with E-state index in [1.54, 1.807) is 6.21 Å². The van der Waals surface area contributed by atoms with Crippen LogP contribution in [-0.4, -0.2) is 18.7 Å². The minimum absolute atomic E-state index is 0.135. The number of rotatable bonds is 11. The molecule has 2 rings (SSSR count). The summed E-state index contributed by atoms with van der Waals surface area (Å²) in [6.07, 6.45) is 7.99. The van der Waals surface area contributed by atoms with Gasteiger partial charge in [-0.2, -0.15) is 5.10 Å². The Hall–Kier alpha value is -2.62. The van der Waals surface area contributed by atoms with Crippen molar-refractivity contribution in [3.05, 3.63) is 65.2 Å². The number of hydrogen-bond donors (Lipinski definition) is 1. The standard InChI is InChI=1S/C23H30N2O2/c1-3-4-5-6-9-16-27-22-11-8-7-10-21(22)18-24-25-23(26)17-20-14-12-19(2)13-15-20/h7-8,10-15,18H,3-6,9,16-17H2,1-2H3,(H,25,26)/b24-18-. The maximum Gasteiger partial charge on any atom is 0.244 e. The average Bonchev–Trinajstić information content (AvgIpc) is 2.67. The molecule has 4 heteroatoms. The van der Waals surface area contributed by atoms with E-state index in [4.69, 9.17) is 4.74 Å². The lowest BCUT2D eigenvalue weighted by Crippen LogP contribution is -2.19. The van der Waals surface area contributed by atoms with Crippen molar-refractivity contribution in [3.63, 3.8) is 0 Å². The summed E-state index contributed by atoms with van der Waals surface area (Å²) in [6.45, 7) is 4.94. The summed E-state index contributed by atoms with van der Waals surface area (Å²) >= 11 is 0. The molecule has 0 heterocycles. The van der Waals surface area contributed by atoms with E-state index in [0.717, 1.165) is 23.3 Å². The molecule has 0 aromatic heterocycles. The van der Waals surface area contributed by atoms with Crippen LogP contribution in [0.4, 0.5) is 0 Å². The zero-order chi connectivity index (χ0) is 19.3. The molecular formula is C23H30N2O2. The van der Waals surface area contributed by atoms with E-state index in [0.29, 0.717) is 13.0 Å². The van der Waals surface area contributed by atoms with Crippen molar-refractivity contribution < 1.29 is 9.53 Å². The number of carbonyl (C=O) groups is 1. The fourth-order valence-electron chi connectivity index (χ4n) is 2.71. The molecule has 0 radical (unpaired) electrons. The monoisotopic (exact) mass is 366 g/mol. The Kier molecular flexibility index (Phi) is 9.11. The third kappa shape index (κ3) is 8.07. The smallest absolute Gasteiger partial charge is 0.244 e. The fraction of sp³-hybridized carbons (Fsp3) is 0.391. The van der Waals surface area contributed by atoms with Gasteiger partial charge in [-0.25, -0.2) is 5.43 Å². The second-order valence-corrected chi connectivity index (χ2v) is 6.76. The van der Waals surface area contributed by atoms with Gasteiger partial charge in [-0.05, 0) is 31.0 Å². The van der Waals surface area contributed by atoms with Crippen LogP contribution in [0.25, 0.3) is 0 Å². The van der Waals surface area contributed by atoms with Gasteiger partial charge in [0.2, 0.25) is 5.91 Å². The molecule has 0 fully saturated rings. The largest absolute Gasteiger partial charge is 0.493 e. The number of benzene rings is 2. The topological polar surface area (TPSA) is 50.7 Å². The zero-order valence-corrected chi connectivity index (χ0v) is 16.4. The fourth-order valence-corrected chi connectivity index (χ4v) is 2.71. The number of carbonyl (C=O) groups excluding carboxylic acids is 1. The maximum atomic E-state index is 12.0. The molecule has 2 aromatic carbocycles. The Labute approximate surface area is 162 Å². The van der Waals surface area contributed by atoms with E-state index in [2.05, 4.69) is 17.5 Å². The third-order valence-electron chi connectivity index (χ3n) is 4.30. The van der Waals surface area contributed by atoms with Crippen LogP contribution in [0.3, 0.4) is 0 Å². The van der Waals surface area contributed by atoms with E-state index in [-0.39, 0.29) is 5.91 Å². The summed E-state index contributed by atoms with van der Waals surface area (Å²) in [6, 6.07) is 15.7. The van der Waals surface area contributed by atoms with Crippen LogP contribution in [-0.2, 0) is 11.2 Å². The quantitative estimate of drug-likeness (QED) is 0.344. The number of nitrogens with one attached hydrogen (secondary N) is 1. The Balaban J connectivity index is 1.80. The predicted molar refractivity (Wildman–Crippen MR) is 111 cm³/mol. The van der Waals surface area contributed by atoms with Crippen molar-refractivity contribution in [3.8, 4) is 5.75 Å². The number of para-hydroxylation sites is 1. The molecule has 0 saturated carbocycles. The molecule has 144 valence electrons. The highest BCUT2D eigenvalue weighted by atomic mass is 16.5. The van der Waals surface area contributed by atoms with Crippen LogP contribution in [0.1, 0.15) is 55.7 Å². The van der Waals surface area contributed by atoms with E-state index >= 15 is 0 Å². The van der Waals surface area contributed by atoms with Crippen LogP contribution in [0.15, 0.2) is 53.6 Å². The number of ether oxygens (including phenoxy) is 1. The minimum Gasteiger partial charge on any atom is -0.493 e. The van der Waals surface area contributed by atoms with Crippen molar-refractivity contribution in [1.82, 2.24) is 5.43 Å². The van der Waals surface area contributed by atoms with Gasteiger partial charge in [-0.1, -0.05) is 74.6 Å². The first kappa shape index (κ1) is 20.7. The molecule has 0 saturated heterocycles. The summed E-state index contributed by atoms with van der Waals surface area (Å²) in [7, 11) is 0. The first-order valence-electron chi connectivity index (χ1n) is 9.78. The van der Waals surface area contributed by atoms with E-state index < -0.39 is 0 Å². The van der Waals surface area contributed by atoms with Gasteiger partial charge in [0.1, 0.15) is 5.75 Å². The van der Waals surface area contributed by atoms with Crippen LogP contribution in [0.5, 0.6) is 5.75 Å². The Bertz CT molecular complexity index is 723. The van der Waals surface area contributed by atoms with E-state index in [9.17, 15) is 4.79 Å². The van der Waals surface area contributed by atoms with Crippen LogP contribution in [0.2, 0.25) is 0 Å². The molecule has 0 aliphatic heterocycles. The van der Waals surface area contributed by atoms with Crippen molar-refractivity contribution in [2.24, 2.45) is 5.10 Å². The number of hydrazone groups is 1. The normalized spacial score (nSPS) is 10.9. The highest BCUT2D eigenvalue weighted by Crippen LogP contribution is 2.16. The lowest BCUT2D eigenvalue weighted by molar-refractivity contribution is -0.120. The van der Waals surface area contributed by atoms with Gasteiger partial charge in [-0.15, -0.1) is 0 Å². The second kappa shape index (κ2) is 11.9. The lowest BCUT2D eigenvalue weighted by Gasteiger charge is -2.08. The molecule has 2 aromatic rings. The summed E-state index contributed by atoms with van der Waals surface area (Å²) in [5.74, 6) is 0.661. The third-order valence-corrected chi connectivity index (χ3v) is 4.30. The molecule has 27 heavy (non-hydrogen) atoms. The number of hydrogen-bond acceptors (Lipinski definition) is 3. The average molecular weight is 367 g/mol. The summed E-state index contributed by atoms with van der Waals surface area (Å²) in [5, 5.41) is 4.08. The first-order valence-corrected chi connectivity index (χ1v) is 9.78. The van der Waals surface area contributed by atoms with Crippen LogP contribution >= 0.6 is 0 Å². The van der Waals surface area contributed by atoms with Crippen molar-refractivity contribution in [2.75, 3.05) is 6.61 Å². The summed E-state index contributed by atoms with van der Waals surface area (Å²) in [5.41, 5.74) is 5.60. The van der Waals surface area contributed by atoms with Gasteiger partial charge in [-0.3, -0.25) is 4.79 Å². The number of amides is 1. The van der Waals surface area contributed by atoms with Crippen molar-refractivity contribution in [1.29, 1.82) is 0 Å². The van der Waals surface area contributed by atoms with Gasteiger partial charge in [0, 0.05) is 5.56 Å². The Morgan fingerprint density at radius 3 is 2.56 bits per heavy atom. The highest BCUT2D eigenvalue weighted by Gasteiger charge is 2.03. The molecule has 0 aliphatic carbocycles. The number of unbranched alkanes of at least 4 members (excludes halogenated alkanes) is 4. The predicted octanol–water partition coefficient (Wildman–Crippen LogP) is 5.04. The van der Waals surface area contributed by atoms with Crippen molar-refractivity contribution in [2.45, 2.75) is 52.4 Å². The second-order valence-electron chi connectivity index (χ2n) is 6.76. The SMILES string of the molecule is CCCCCCCOc1ccccc1/C=N\NC(=O)Cc1ccc(C)cc1. The van der Waals surface area contributed by atoms with Gasteiger partial charge >= 0.3 is 0 Å². The minimum atomic E-state index is -0.135. The molecule has 0 unspecified atom stereocenters. The lowest BCUT2D eigenvalue weighted by atomic mass is 10.1. The maximum absolute atomic E-state index is 12.0. The summed E-state index contributed by atoms with van der Waals surface area (Å²) < 4.78 is 5.88. The van der Waals surface area contributed by atoms with Gasteiger partial charge in [0.05, 0.1) is 19.2 Å². The van der Waals surface area contributed by atoms with Gasteiger partial charge in [0.15, 0.2) is 0 Å². The van der Waals surface area contributed by atoms with E-state index in [1.807, 2.05) is 55.5 Å². The molecule has 0 bridgehead atoms. The summed E-state index contributed by atoms with van der Waals surface area (Å²) in [4.78, 5) is 12.0. The molecular weight excluding hydrogens is 336 g/mol. The van der Waals surface area contributed by atoms with Crippen molar-refractivity contribution >= 4 is 12.1 Å². The molecule has 0 aliphatic rings. The van der Waals surface area contributed by atoms with Crippen LogP contribution in [0, 0.1) is 6.92 Å². The molecule has 0 spiro atoms. The first-order chi connectivity index (χ1) is 13.2. The Morgan fingerprint density at radius 2 is 1.78 bits per heavy atom. The molecule has 4 nitrogen and oxygen atoms in total. The number of aryl methyl sites for hydroxylation is 1. The molecule has 1 N–H and O–H groups in total. The number of nitrogens with zero attached hydrogens (tertiary/aromatic N) is 1.